The number of benzene rings is 2. The first kappa shape index (κ1) is 25.2. The van der Waals surface area contributed by atoms with Crippen molar-refractivity contribution in [3.8, 4) is 0 Å². The fourth-order valence-electron chi connectivity index (χ4n) is 4.15. The summed E-state index contributed by atoms with van der Waals surface area (Å²) in [4.78, 5) is 50.5. The van der Waals surface area contributed by atoms with E-state index in [1.165, 1.54) is 4.90 Å². The third kappa shape index (κ3) is 4.37. The first-order valence-corrected chi connectivity index (χ1v) is 11.3. The summed E-state index contributed by atoms with van der Waals surface area (Å²) in [5.74, 6) is -1.45. The number of imide groups is 2. The fourth-order valence-corrected chi connectivity index (χ4v) is 4.15. The molecule has 8 heteroatoms. The van der Waals surface area contributed by atoms with Gasteiger partial charge in [0.15, 0.2) is 0 Å². The molecular weight excluding hydrogens is 439 g/mol. The SMILES string of the molecule is CC(C)[C@@H](CF)N1C(=O)c2ccccc2C1=O.CC(C)[C@@H](CO)N1C(=O)c2ccccc2C1=O. The molecule has 0 spiro atoms. The number of hydrogen-bond donors (Lipinski definition) is 1. The quantitative estimate of drug-likeness (QED) is 0.654. The molecule has 4 rings (SSSR count). The molecule has 0 aliphatic carbocycles. The predicted molar refractivity (Wildman–Crippen MR) is 124 cm³/mol. The van der Waals surface area contributed by atoms with Gasteiger partial charge in [-0.15, -0.1) is 0 Å². The van der Waals surface area contributed by atoms with Crippen molar-refractivity contribution in [3.63, 3.8) is 0 Å². The minimum Gasteiger partial charge on any atom is -0.394 e. The van der Waals surface area contributed by atoms with Gasteiger partial charge in [0.2, 0.25) is 0 Å². The number of rotatable bonds is 6. The van der Waals surface area contributed by atoms with Crippen molar-refractivity contribution >= 4 is 23.6 Å². The minimum atomic E-state index is -0.705. The molecule has 1 N–H and O–H groups in total. The Hall–Kier alpha value is -3.39. The van der Waals surface area contributed by atoms with E-state index >= 15 is 0 Å². The van der Waals surface area contributed by atoms with Gasteiger partial charge in [-0.2, -0.15) is 0 Å². The monoisotopic (exact) mass is 468 g/mol. The molecule has 0 saturated carbocycles. The van der Waals surface area contributed by atoms with Gasteiger partial charge in [0, 0.05) is 0 Å². The molecule has 2 aromatic rings. The van der Waals surface area contributed by atoms with Crippen LogP contribution in [-0.4, -0.2) is 63.9 Å². The smallest absolute Gasteiger partial charge is 0.261 e. The van der Waals surface area contributed by atoms with Crippen LogP contribution in [0.4, 0.5) is 4.39 Å². The molecule has 2 heterocycles. The van der Waals surface area contributed by atoms with Crippen LogP contribution in [0.5, 0.6) is 0 Å². The molecular formula is C26H29FN2O5. The largest absolute Gasteiger partial charge is 0.394 e. The number of nitrogens with zero attached hydrogens (tertiary/aromatic N) is 2. The summed E-state index contributed by atoms with van der Waals surface area (Å²) in [5, 5.41) is 9.33. The van der Waals surface area contributed by atoms with Crippen LogP contribution in [0.1, 0.15) is 69.1 Å². The van der Waals surface area contributed by atoms with Gasteiger partial charge in [-0.1, -0.05) is 52.0 Å². The van der Waals surface area contributed by atoms with Gasteiger partial charge < -0.3 is 5.11 Å². The first-order valence-electron chi connectivity index (χ1n) is 11.3. The molecule has 0 aromatic heterocycles. The van der Waals surface area contributed by atoms with Gasteiger partial charge in [0.1, 0.15) is 6.67 Å². The predicted octanol–water partition coefficient (Wildman–Crippen LogP) is 3.58. The molecule has 2 aliphatic rings. The van der Waals surface area contributed by atoms with Gasteiger partial charge in [-0.3, -0.25) is 29.0 Å². The van der Waals surface area contributed by atoms with Gasteiger partial charge in [0.25, 0.3) is 23.6 Å². The highest BCUT2D eigenvalue weighted by atomic mass is 19.1. The average Bonchev–Trinajstić information content (AvgIpc) is 3.22. The van der Waals surface area contributed by atoms with Gasteiger partial charge in [-0.25, -0.2) is 4.39 Å². The second kappa shape index (κ2) is 10.3. The number of hydrogen-bond acceptors (Lipinski definition) is 5. The van der Waals surface area contributed by atoms with Gasteiger partial charge >= 0.3 is 0 Å². The van der Waals surface area contributed by atoms with Crippen molar-refractivity contribution in [1.82, 2.24) is 9.80 Å². The Bertz CT molecular complexity index is 956. The van der Waals surface area contributed by atoms with Crippen LogP contribution in [0.3, 0.4) is 0 Å². The zero-order chi connectivity index (χ0) is 25.2. The summed E-state index contributed by atoms with van der Waals surface area (Å²) in [5.41, 5.74) is 1.60. The van der Waals surface area contributed by atoms with E-state index in [0.29, 0.717) is 22.3 Å². The van der Waals surface area contributed by atoms with E-state index in [2.05, 4.69) is 0 Å². The summed E-state index contributed by atoms with van der Waals surface area (Å²) in [6.07, 6.45) is 0. The lowest BCUT2D eigenvalue weighted by Gasteiger charge is -2.27. The highest BCUT2D eigenvalue weighted by molar-refractivity contribution is 6.22. The molecule has 2 atom stereocenters. The van der Waals surface area contributed by atoms with Crippen LogP contribution >= 0.6 is 0 Å². The Morgan fingerprint density at radius 2 is 0.941 bits per heavy atom. The topological polar surface area (TPSA) is 95.0 Å². The summed E-state index contributed by atoms with van der Waals surface area (Å²) >= 11 is 0. The third-order valence-electron chi connectivity index (χ3n) is 6.20. The molecule has 0 unspecified atom stereocenters. The molecule has 34 heavy (non-hydrogen) atoms. The molecule has 0 radical (unpaired) electrons. The highest BCUT2D eigenvalue weighted by Gasteiger charge is 2.41. The molecule has 7 nitrogen and oxygen atoms in total. The molecule has 2 aliphatic heterocycles. The van der Waals surface area contributed by atoms with E-state index in [1.54, 1.807) is 62.4 Å². The number of amides is 4. The number of carbonyl (C=O) groups is 4. The van der Waals surface area contributed by atoms with Crippen molar-refractivity contribution in [3.05, 3.63) is 70.8 Å². The van der Waals surface area contributed by atoms with Crippen LogP contribution in [0, 0.1) is 11.8 Å². The summed E-state index contributed by atoms with van der Waals surface area (Å²) < 4.78 is 13.0. The molecule has 0 saturated heterocycles. The van der Waals surface area contributed by atoms with Gasteiger partial charge in [-0.05, 0) is 36.1 Å². The molecule has 0 fully saturated rings. The Morgan fingerprint density at radius 3 is 1.18 bits per heavy atom. The number of carbonyl (C=O) groups excluding carboxylic acids is 4. The van der Waals surface area contributed by atoms with Crippen LogP contribution in [0.2, 0.25) is 0 Å². The second-order valence-electron chi connectivity index (χ2n) is 9.01. The Morgan fingerprint density at radius 1 is 0.647 bits per heavy atom. The number of fused-ring (bicyclic) bond motifs is 2. The van der Waals surface area contributed by atoms with Crippen LogP contribution in [0.25, 0.3) is 0 Å². The van der Waals surface area contributed by atoms with Gasteiger partial charge in [0.05, 0.1) is 40.9 Å². The number of halogens is 1. The summed E-state index contributed by atoms with van der Waals surface area (Å²) in [6.45, 7) is 6.45. The maximum absolute atomic E-state index is 13.0. The normalized spacial score (nSPS) is 16.6. The maximum Gasteiger partial charge on any atom is 0.261 e. The van der Waals surface area contributed by atoms with Crippen molar-refractivity contribution in [2.45, 2.75) is 39.8 Å². The van der Waals surface area contributed by atoms with Crippen LogP contribution in [-0.2, 0) is 0 Å². The summed E-state index contributed by atoms with van der Waals surface area (Å²) in [6, 6.07) is 12.2. The van der Waals surface area contributed by atoms with Crippen molar-refractivity contribution in [2.75, 3.05) is 13.3 Å². The zero-order valence-electron chi connectivity index (χ0n) is 19.7. The summed E-state index contributed by atoms with van der Waals surface area (Å²) in [7, 11) is 0. The Balaban J connectivity index is 0.000000191. The lowest BCUT2D eigenvalue weighted by atomic mass is 10.0. The first-order chi connectivity index (χ1) is 16.1. The molecule has 2 aromatic carbocycles. The standard InChI is InChI=1S/C13H14FNO2.C13H15NO3/c1-8(2)11(7-14)15-12(16)9-5-3-4-6-10(9)13(15)17;1-8(2)11(7-15)14-12(16)9-5-3-4-6-10(9)13(14)17/h3-6,8,11H,7H2,1-2H3;3-6,8,11,15H,7H2,1-2H3/t2*11-/m11/s1. The van der Waals surface area contributed by atoms with E-state index in [9.17, 15) is 28.7 Å². The second-order valence-corrected chi connectivity index (χ2v) is 9.01. The van der Waals surface area contributed by atoms with Crippen molar-refractivity contribution in [2.24, 2.45) is 11.8 Å². The van der Waals surface area contributed by atoms with E-state index < -0.39 is 18.8 Å². The zero-order valence-corrected chi connectivity index (χ0v) is 19.7. The Labute approximate surface area is 198 Å². The van der Waals surface area contributed by atoms with E-state index in [4.69, 9.17) is 0 Å². The molecule has 0 bridgehead atoms. The lowest BCUT2D eigenvalue weighted by Crippen LogP contribution is -2.45. The van der Waals surface area contributed by atoms with E-state index in [1.807, 2.05) is 13.8 Å². The fraction of sp³-hybridized carbons (Fsp3) is 0.385. The van der Waals surface area contributed by atoms with E-state index in [-0.39, 0.29) is 42.1 Å². The van der Waals surface area contributed by atoms with Crippen molar-refractivity contribution in [1.29, 1.82) is 0 Å². The maximum atomic E-state index is 13.0. The number of aliphatic hydroxyl groups excluding tert-OH is 1. The average molecular weight is 469 g/mol. The number of alkyl halides is 1. The molecule has 4 amide bonds. The van der Waals surface area contributed by atoms with Crippen molar-refractivity contribution < 1.29 is 28.7 Å². The van der Waals surface area contributed by atoms with Crippen LogP contribution in [0.15, 0.2) is 48.5 Å². The minimum absolute atomic E-state index is 0.0298. The Kier molecular flexibility index (Phi) is 7.61. The lowest BCUT2D eigenvalue weighted by molar-refractivity contribution is 0.0449. The highest BCUT2D eigenvalue weighted by Crippen LogP contribution is 2.28. The number of aliphatic hydroxyl groups is 1. The molecule has 180 valence electrons. The third-order valence-corrected chi connectivity index (χ3v) is 6.20. The van der Waals surface area contributed by atoms with Crippen LogP contribution < -0.4 is 0 Å². The van der Waals surface area contributed by atoms with E-state index in [0.717, 1.165) is 4.90 Å².